The first-order valence-corrected chi connectivity index (χ1v) is 7.25. The number of hydrogen-bond acceptors (Lipinski definition) is 3. The van der Waals surface area contributed by atoms with Crippen molar-refractivity contribution in [3.8, 4) is 5.75 Å². The van der Waals surface area contributed by atoms with Gasteiger partial charge in [-0.1, -0.05) is 12.1 Å². The molecular weight excluding hydrogens is 268 g/mol. The lowest BCUT2D eigenvalue weighted by Gasteiger charge is -2.38. The summed E-state index contributed by atoms with van der Waals surface area (Å²) in [6.45, 7) is 2.50. The number of benzene rings is 1. The molecule has 1 fully saturated rings. The SMILES string of the molecule is CCNC(=O)C1CCC(=O)N(C)C1c1ccc(OC)cc1. The predicted molar refractivity (Wildman–Crippen MR) is 79.9 cm³/mol. The molecule has 2 amide bonds. The van der Waals surface area contributed by atoms with Gasteiger partial charge in [-0.3, -0.25) is 9.59 Å². The van der Waals surface area contributed by atoms with Crippen LogP contribution in [0.3, 0.4) is 0 Å². The Morgan fingerprint density at radius 3 is 2.62 bits per heavy atom. The summed E-state index contributed by atoms with van der Waals surface area (Å²) in [4.78, 5) is 26.0. The number of carbonyl (C=O) groups excluding carboxylic acids is 2. The van der Waals surface area contributed by atoms with Crippen molar-refractivity contribution < 1.29 is 14.3 Å². The molecule has 1 aromatic rings. The number of hydrogen-bond donors (Lipinski definition) is 1. The molecule has 1 aromatic carbocycles. The zero-order valence-corrected chi connectivity index (χ0v) is 12.8. The molecule has 5 heteroatoms. The largest absolute Gasteiger partial charge is 0.497 e. The van der Waals surface area contributed by atoms with Gasteiger partial charge in [-0.05, 0) is 31.0 Å². The van der Waals surface area contributed by atoms with E-state index in [1.54, 1.807) is 19.1 Å². The fraction of sp³-hybridized carbons (Fsp3) is 0.500. The Morgan fingerprint density at radius 1 is 1.38 bits per heavy atom. The molecule has 0 aromatic heterocycles. The van der Waals surface area contributed by atoms with E-state index in [1.807, 2.05) is 31.2 Å². The summed E-state index contributed by atoms with van der Waals surface area (Å²) in [6.07, 6.45) is 1.01. The first-order valence-electron chi connectivity index (χ1n) is 7.25. The van der Waals surface area contributed by atoms with Crippen LogP contribution < -0.4 is 10.1 Å². The molecule has 1 aliphatic rings. The van der Waals surface area contributed by atoms with Crippen molar-refractivity contribution in [2.45, 2.75) is 25.8 Å². The maximum Gasteiger partial charge on any atom is 0.225 e. The Bertz CT molecular complexity index is 513. The normalized spacial score (nSPS) is 22.0. The quantitative estimate of drug-likeness (QED) is 0.919. The number of piperidine rings is 1. The van der Waals surface area contributed by atoms with Gasteiger partial charge in [0.05, 0.1) is 19.1 Å². The van der Waals surface area contributed by atoms with Crippen LogP contribution in [0.15, 0.2) is 24.3 Å². The highest BCUT2D eigenvalue weighted by Crippen LogP contribution is 2.36. The molecule has 0 saturated carbocycles. The summed E-state index contributed by atoms with van der Waals surface area (Å²) >= 11 is 0. The zero-order chi connectivity index (χ0) is 15.4. The van der Waals surface area contributed by atoms with Gasteiger partial charge in [-0.15, -0.1) is 0 Å². The van der Waals surface area contributed by atoms with Crippen molar-refractivity contribution >= 4 is 11.8 Å². The van der Waals surface area contributed by atoms with E-state index in [0.29, 0.717) is 19.4 Å². The molecule has 0 radical (unpaired) electrons. The predicted octanol–water partition coefficient (Wildman–Crippen LogP) is 1.74. The summed E-state index contributed by atoms with van der Waals surface area (Å²) in [5.74, 6) is 0.646. The highest BCUT2D eigenvalue weighted by atomic mass is 16.5. The number of carbonyl (C=O) groups is 2. The van der Waals surface area contributed by atoms with Gasteiger partial charge in [0.25, 0.3) is 0 Å². The Kier molecular flexibility index (Phi) is 4.83. The van der Waals surface area contributed by atoms with Crippen LogP contribution >= 0.6 is 0 Å². The molecule has 0 aliphatic carbocycles. The lowest BCUT2D eigenvalue weighted by Crippen LogP contribution is -2.46. The van der Waals surface area contributed by atoms with Crippen molar-refractivity contribution in [3.05, 3.63) is 29.8 Å². The molecule has 1 N–H and O–H groups in total. The van der Waals surface area contributed by atoms with Crippen LogP contribution in [-0.4, -0.2) is 37.4 Å². The number of nitrogens with zero attached hydrogens (tertiary/aromatic N) is 1. The molecule has 2 atom stereocenters. The maximum absolute atomic E-state index is 12.3. The number of ether oxygens (including phenoxy) is 1. The second-order valence-corrected chi connectivity index (χ2v) is 5.26. The van der Waals surface area contributed by atoms with E-state index in [-0.39, 0.29) is 23.8 Å². The second-order valence-electron chi connectivity index (χ2n) is 5.26. The number of nitrogens with one attached hydrogen (secondary N) is 1. The lowest BCUT2D eigenvalue weighted by atomic mass is 9.84. The van der Waals surface area contributed by atoms with Crippen molar-refractivity contribution in [1.82, 2.24) is 10.2 Å². The van der Waals surface area contributed by atoms with Gasteiger partial charge >= 0.3 is 0 Å². The summed E-state index contributed by atoms with van der Waals surface area (Å²) in [5, 5.41) is 2.87. The van der Waals surface area contributed by atoms with Gasteiger partial charge in [-0.2, -0.15) is 0 Å². The Balaban J connectivity index is 2.31. The summed E-state index contributed by atoms with van der Waals surface area (Å²) < 4.78 is 5.16. The third kappa shape index (κ3) is 3.17. The van der Waals surface area contributed by atoms with Crippen LogP contribution in [0.2, 0.25) is 0 Å². The molecule has 1 saturated heterocycles. The van der Waals surface area contributed by atoms with Gasteiger partial charge in [0, 0.05) is 20.0 Å². The molecular formula is C16H22N2O3. The van der Waals surface area contributed by atoms with Crippen molar-refractivity contribution in [2.24, 2.45) is 5.92 Å². The minimum absolute atomic E-state index is 0.0117. The Labute approximate surface area is 125 Å². The number of methoxy groups -OCH3 is 1. The molecule has 114 valence electrons. The Morgan fingerprint density at radius 2 is 2.05 bits per heavy atom. The van der Waals surface area contributed by atoms with Gasteiger partial charge in [0.15, 0.2) is 0 Å². The average Bonchev–Trinajstić information content (AvgIpc) is 2.50. The molecule has 5 nitrogen and oxygen atoms in total. The van der Waals surface area contributed by atoms with E-state index < -0.39 is 0 Å². The average molecular weight is 290 g/mol. The van der Waals surface area contributed by atoms with Crippen LogP contribution in [0.5, 0.6) is 5.75 Å². The molecule has 0 spiro atoms. The van der Waals surface area contributed by atoms with E-state index in [2.05, 4.69) is 5.32 Å². The van der Waals surface area contributed by atoms with Crippen LogP contribution in [0.4, 0.5) is 0 Å². The van der Waals surface area contributed by atoms with E-state index in [4.69, 9.17) is 4.74 Å². The first kappa shape index (κ1) is 15.4. The molecule has 1 heterocycles. The van der Waals surface area contributed by atoms with E-state index in [9.17, 15) is 9.59 Å². The van der Waals surface area contributed by atoms with Gasteiger partial charge < -0.3 is 15.0 Å². The summed E-state index contributed by atoms with van der Waals surface area (Å²) in [7, 11) is 3.38. The van der Waals surface area contributed by atoms with Crippen molar-refractivity contribution in [2.75, 3.05) is 20.7 Å². The highest BCUT2D eigenvalue weighted by molar-refractivity contribution is 5.84. The fourth-order valence-electron chi connectivity index (χ4n) is 2.88. The molecule has 1 aliphatic heterocycles. The van der Waals surface area contributed by atoms with Crippen LogP contribution in [0.25, 0.3) is 0 Å². The molecule has 21 heavy (non-hydrogen) atoms. The van der Waals surface area contributed by atoms with E-state index in [1.165, 1.54) is 0 Å². The third-order valence-corrected chi connectivity index (χ3v) is 4.01. The summed E-state index contributed by atoms with van der Waals surface area (Å²) in [5.41, 5.74) is 0.961. The standard InChI is InChI=1S/C16H22N2O3/c1-4-17-16(20)13-9-10-14(19)18(2)15(13)11-5-7-12(21-3)8-6-11/h5-8,13,15H,4,9-10H2,1-3H3,(H,17,20). The monoisotopic (exact) mass is 290 g/mol. The number of rotatable bonds is 4. The van der Waals surface area contributed by atoms with Crippen LogP contribution in [-0.2, 0) is 9.59 Å². The second kappa shape index (κ2) is 6.61. The Hall–Kier alpha value is -2.04. The molecule has 0 bridgehead atoms. The molecule has 2 rings (SSSR count). The zero-order valence-electron chi connectivity index (χ0n) is 12.8. The van der Waals surface area contributed by atoms with Crippen molar-refractivity contribution in [1.29, 1.82) is 0 Å². The van der Waals surface area contributed by atoms with E-state index >= 15 is 0 Å². The van der Waals surface area contributed by atoms with Crippen LogP contribution in [0.1, 0.15) is 31.4 Å². The number of likely N-dealkylation sites (tertiary alicyclic amines) is 1. The van der Waals surface area contributed by atoms with Crippen LogP contribution in [0, 0.1) is 5.92 Å². The fourth-order valence-corrected chi connectivity index (χ4v) is 2.88. The lowest BCUT2D eigenvalue weighted by molar-refractivity contribution is -0.141. The smallest absolute Gasteiger partial charge is 0.225 e. The first-order chi connectivity index (χ1) is 10.1. The van der Waals surface area contributed by atoms with Gasteiger partial charge in [0.1, 0.15) is 5.75 Å². The summed E-state index contributed by atoms with van der Waals surface area (Å²) in [6, 6.07) is 7.34. The molecule has 2 unspecified atom stereocenters. The van der Waals surface area contributed by atoms with Gasteiger partial charge in [0.2, 0.25) is 11.8 Å². The maximum atomic E-state index is 12.3. The van der Waals surface area contributed by atoms with Gasteiger partial charge in [-0.25, -0.2) is 0 Å². The van der Waals surface area contributed by atoms with Crippen molar-refractivity contribution in [3.63, 3.8) is 0 Å². The topological polar surface area (TPSA) is 58.6 Å². The third-order valence-electron chi connectivity index (χ3n) is 4.01. The minimum atomic E-state index is -0.219. The van der Waals surface area contributed by atoms with E-state index in [0.717, 1.165) is 11.3 Å². The highest BCUT2D eigenvalue weighted by Gasteiger charge is 2.38. The minimum Gasteiger partial charge on any atom is -0.497 e. The number of amides is 2.